The van der Waals surface area contributed by atoms with Gasteiger partial charge in [-0.15, -0.1) is 54.1 Å². The van der Waals surface area contributed by atoms with Crippen LogP contribution in [0.1, 0.15) is 103 Å². The maximum Gasteiger partial charge on any atom is 0.136 e. The van der Waals surface area contributed by atoms with Gasteiger partial charge in [-0.05, 0) is 110 Å². The fourth-order valence-electron chi connectivity index (χ4n) is 9.28. The Kier molecular flexibility index (Phi) is 12.4. The van der Waals surface area contributed by atoms with Gasteiger partial charge in [-0.1, -0.05) is 141 Å². The number of hydrogen-bond acceptors (Lipinski definition) is 4. The second kappa shape index (κ2) is 18.1. The third kappa shape index (κ3) is 8.61. The Labute approximate surface area is 413 Å². The minimum absolute atomic E-state index is 0. The van der Waals surface area contributed by atoms with E-state index in [2.05, 4.69) is 188 Å². The Morgan fingerprint density at radius 1 is 0.544 bits per heavy atom. The first-order valence-corrected chi connectivity index (χ1v) is 23.5. The molecule has 0 saturated heterocycles. The first kappa shape index (κ1) is 46.5. The molecule has 0 fully saturated rings. The van der Waals surface area contributed by atoms with Crippen LogP contribution in [0.5, 0.6) is 0 Å². The first-order valence-electron chi connectivity index (χ1n) is 23.5. The Bertz CT molecular complexity index is 3570. The van der Waals surface area contributed by atoms with Gasteiger partial charge in [-0.25, -0.2) is 0 Å². The van der Waals surface area contributed by atoms with E-state index in [9.17, 15) is 0 Å². The second-order valence-corrected chi connectivity index (χ2v) is 20.5. The number of aromatic nitrogens is 3. The Morgan fingerprint density at radius 2 is 1.19 bits per heavy atom. The molecule has 68 heavy (non-hydrogen) atoms. The number of benzene rings is 7. The predicted octanol–water partition coefficient (Wildman–Crippen LogP) is 17.3. The summed E-state index contributed by atoms with van der Waals surface area (Å²) in [6, 6.07) is 57.7. The smallest absolute Gasteiger partial charge is 0.136 e. The molecular formula is C62H57IrN3O2-2. The molecule has 0 bridgehead atoms. The van der Waals surface area contributed by atoms with E-state index in [1.54, 1.807) is 0 Å². The van der Waals surface area contributed by atoms with Crippen molar-refractivity contribution in [2.45, 2.75) is 91.9 Å². The van der Waals surface area contributed by atoms with Crippen LogP contribution in [0.25, 0.3) is 94.4 Å². The van der Waals surface area contributed by atoms with Crippen LogP contribution in [0.15, 0.2) is 161 Å². The van der Waals surface area contributed by atoms with E-state index in [0.29, 0.717) is 0 Å². The molecule has 0 amide bonds. The van der Waals surface area contributed by atoms with Crippen LogP contribution in [0, 0.1) is 12.1 Å². The molecule has 0 aliphatic carbocycles. The fourth-order valence-corrected chi connectivity index (χ4v) is 9.28. The minimum Gasteiger partial charge on any atom is -0.501 e. The van der Waals surface area contributed by atoms with E-state index >= 15 is 0 Å². The van der Waals surface area contributed by atoms with E-state index in [-0.39, 0.29) is 42.8 Å². The quantitative estimate of drug-likeness (QED) is 0.156. The molecule has 1 radical (unpaired) electrons. The van der Waals surface area contributed by atoms with Gasteiger partial charge in [0.25, 0.3) is 0 Å². The molecule has 11 rings (SSSR count). The van der Waals surface area contributed by atoms with Crippen molar-refractivity contribution in [3.05, 3.63) is 186 Å². The molecule has 0 saturated carbocycles. The van der Waals surface area contributed by atoms with Crippen LogP contribution in [0.3, 0.4) is 0 Å². The molecule has 11 aromatic rings. The van der Waals surface area contributed by atoms with E-state index in [1.807, 2.05) is 54.7 Å². The van der Waals surface area contributed by atoms with Crippen molar-refractivity contribution in [2.24, 2.45) is 0 Å². The topological polar surface area (TPSA) is 57.0 Å². The second-order valence-electron chi connectivity index (χ2n) is 20.5. The zero-order valence-corrected chi connectivity index (χ0v) is 43.0. The van der Waals surface area contributed by atoms with Crippen molar-refractivity contribution in [3.8, 4) is 39.5 Å². The van der Waals surface area contributed by atoms with Crippen molar-refractivity contribution in [1.29, 1.82) is 0 Å². The van der Waals surface area contributed by atoms with Gasteiger partial charge < -0.3 is 18.4 Å². The van der Waals surface area contributed by atoms with Gasteiger partial charge in [0.2, 0.25) is 0 Å². The fraction of sp³-hybridized carbons (Fsp3) is 0.226. The van der Waals surface area contributed by atoms with Crippen molar-refractivity contribution >= 4 is 54.9 Å². The van der Waals surface area contributed by atoms with Crippen molar-refractivity contribution in [2.75, 3.05) is 0 Å². The molecule has 0 aliphatic rings. The van der Waals surface area contributed by atoms with Crippen molar-refractivity contribution < 1.29 is 28.9 Å². The summed E-state index contributed by atoms with van der Waals surface area (Å²) in [6.45, 7) is 22.6. The Balaban J connectivity index is 0.000000289. The summed E-state index contributed by atoms with van der Waals surface area (Å²) in [4.78, 5) is 9.87. The van der Waals surface area contributed by atoms with Gasteiger partial charge in [-0.2, -0.15) is 0 Å². The third-order valence-electron chi connectivity index (χ3n) is 13.0. The molecule has 0 aliphatic heterocycles. The molecule has 5 nitrogen and oxygen atoms in total. The zero-order chi connectivity index (χ0) is 46.8. The minimum atomic E-state index is -0.0202. The molecule has 0 atom stereocenters. The summed E-state index contributed by atoms with van der Waals surface area (Å²) in [7, 11) is 0. The zero-order valence-electron chi connectivity index (χ0n) is 40.6. The molecule has 4 aromatic heterocycles. The molecule has 0 spiro atoms. The number of hydrogen-bond donors (Lipinski definition) is 0. The van der Waals surface area contributed by atoms with Crippen molar-refractivity contribution in [1.82, 2.24) is 14.5 Å². The normalized spacial score (nSPS) is 12.1. The molecule has 343 valence electrons. The summed E-state index contributed by atoms with van der Waals surface area (Å²) in [5, 5.41) is 4.16. The van der Waals surface area contributed by atoms with Gasteiger partial charge in [0.05, 0.1) is 22.4 Å². The summed E-state index contributed by atoms with van der Waals surface area (Å²) in [5.41, 5.74) is 17.1. The van der Waals surface area contributed by atoms with E-state index < -0.39 is 0 Å². The standard InChI is InChI=1S/C47H41N2O2.C15H16N.Ir/c1-27(2)35-22-30(29-14-9-8-10-15-29)23-36(28(3)4)44(35)49-40-21-20-31(47(5,6)7)24-39(40)48-46(49)34-18-13-17-33-38-26-42-37(25-43(38)51-45(33)34)32-16-11-12-19-41(32)50-42;1-15(2,3)13-9-10-16-14(11-13)12-7-5-4-6-8-12;/h8-17,19-28H,1-7H3;4-7,9-11H,1-3H3;/q2*-1;. The van der Waals surface area contributed by atoms with E-state index in [0.717, 1.165) is 77.6 Å². The van der Waals surface area contributed by atoms with Crippen LogP contribution in [0.4, 0.5) is 0 Å². The SMILES string of the molecule is CC(C)(C)c1ccnc(-c2[c-]cccc2)c1.CC(C)c1cc(-c2ccccc2)cc(C(C)C)c1-n1c(-c2[c-]ccc3c2oc2cc4c(cc23)oc2ccccc24)nc2cc(C(C)(C)C)ccc21.[Ir]. The number of para-hydroxylation sites is 1. The van der Waals surface area contributed by atoms with Gasteiger partial charge in [0, 0.05) is 48.1 Å². The van der Waals surface area contributed by atoms with Crippen LogP contribution in [0.2, 0.25) is 0 Å². The molecule has 0 N–H and O–H groups in total. The summed E-state index contributed by atoms with van der Waals surface area (Å²) in [6.07, 6.45) is 1.87. The van der Waals surface area contributed by atoms with Crippen molar-refractivity contribution in [3.63, 3.8) is 0 Å². The summed E-state index contributed by atoms with van der Waals surface area (Å²) >= 11 is 0. The number of imidazole rings is 1. The largest absolute Gasteiger partial charge is 0.501 e. The van der Waals surface area contributed by atoms with Crippen LogP contribution < -0.4 is 0 Å². The third-order valence-corrected chi connectivity index (χ3v) is 13.0. The van der Waals surface area contributed by atoms with Gasteiger partial charge in [-0.3, -0.25) is 4.98 Å². The predicted molar refractivity (Wildman–Crippen MR) is 279 cm³/mol. The molecular weight excluding hydrogens is 1010 g/mol. The van der Waals surface area contributed by atoms with E-state index in [4.69, 9.17) is 13.8 Å². The van der Waals surface area contributed by atoms with Gasteiger partial charge in [0.1, 0.15) is 16.7 Å². The molecule has 4 heterocycles. The monoisotopic (exact) mass is 1070 g/mol. The van der Waals surface area contributed by atoms with Crippen LogP contribution in [-0.4, -0.2) is 14.5 Å². The number of fused-ring (bicyclic) bond motifs is 7. The average molecular weight is 1070 g/mol. The van der Waals surface area contributed by atoms with Crippen LogP contribution in [-0.2, 0) is 30.9 Å². The maximum atomic E-state index is 6.84. The Hall–Kier alpha value is -6.59. The Morgan fingerprint density at radius 3 is 1.87 bits per heavy atom. The first-order chi connectivity index (χ1) is 32.1. The number of rotatable bonds is 6. The van der Waals surface area contributed by atoms with E-state index in [1.165, 1.54) is 39.1 Å². The maximum absolute atomic E-state index is 6.84. The summed E-state index contributed by atoms with van der Waals surface area (Å²) < 4.78 is 15.5. The van der Waals surface area contributed by atoms with Gasteiger partial charge in [0.15, 0.2) is 0 Å². The van der Waals surface area contributed by atoms with Crippen LogP contribution >= 0.6 is 0 Å². The average Bonchev–Trinajstić information content (AvgIpc) is 4.01. The molecule has 0 unspecified atom stereocenters. The van der Waals surface area contributed by atoms with Gasteiger partial charge >= 0.3 is 0 Å². The molecule has 6 heteroatoms. The molecule has 7 aromatic carbocycles. The number of furan rings is 2. The number of nitrogens with zero attached hydrogens (tertiary/aromatic N) is 3. The summed E-state index contributed by atoms with van der Waals surface area (Å²) in [5.74, 6) is 1.35. The number of pyridine rings is 1.